The van der Waals surface area contributed by atoms with Gasteiger partial charge in [-0.25, -0.2) is 10.8 Å². The minimum absolute atomic E-state index is 0.0616. The van der Waals surface area contributed by atoms with Gasteiger partial charge in [-0.3, -0.25) is 15.0 Å². The highest BCUT2D eigenvalue weighted by Gasteiger charge is 2.28. The number of halogens is 2. The number of carbonyl (C=O) groups excluding carboxylic acids is 2. The number of alkyl halides is 2. The zero-order valence-corrected chi connectivity index (χ0v) is 18.3. The van der Waals surface area contributed by atoms with Crippen LogP contribution in [0.15, 0.2) is 28.6 Å². The molecule has 2 rings (SSSR count). The van der Waals surface area contributed by atoms with Crippen LogP contribution >= 0.6 is 46.3 Å². The molecule has 144 valence electrons. The van der Waals surface area contributed by atoms with Crippen LogP contribution in [0.25, 0.3) is 10.2 Å². The average molecular weight is 436 g/mol. The number of amides is 1. The highest BCUT2D eigenvalue weighted by Crippen LogP contribution is 2.34. The van der Waals surface area contributed by atoms with E-state index in [1.807, 2.05) is 43.5 Å². The van der Waals surface area contributed by atoms with Gasteiger partial charge in [0.1, 0.15) is 0 Å². The van der Waals surface area contributed by atoms with E-state index in [1.54, 1.807) is 25.2 Å². The first kappa shape index (κ1) is 23.2. The lowest BCUT2D eigenvalue weighted by atomic mass is 9.96. The summed E-state index contributed by atoms with van der Waals surface area (Å²) in [5, 5.41) is 0.0616. The van der Waals surface area contributed by atoms with Gasteiger partial charge >= 0.3 is 0 Å². The zero-order chi connectivity index (χ0) is 20.0. The van der Waals surface area contributed by atoms with Gasteiger partial charge in [-0.05, 0) is 37.7 Å². The fourth-order valence-corrected chi connectivity index (χ4v) is 3.76. The molecule has 0 saturated heterocycles. The van der Waals surface area contributed by atoms with E-state index in [9.17, 15) is 9.59 Å². The number of nitrogens with two attached hydrogens (primary N) is 1. The maximum absolute atomic E-state index is 12.0. The smallest absolute Gasteiger partial charge is 0.240 e. The van der Waals surface area contributed by atoms with Crippen LogP contribution in [0.1, 0.15) is 27.7 Å². The number of benzene rings is 1. The Bertz CT molecular complexity index is 730. The van der Waals surface area contributed by atoms with Gasteiger partial charge in [0.25, 0.3) is 0 Å². The zero-order valence-electron chi connectivity index (χ0n) is 15.1. The molecule has 1 aromatic carbocycles. The molecule has 0 bridgehead atoms. The van der Waals surface area contributed by atoms with Crippen LogP contribution in [0.5, 0.6) is 0 Å². The molecular formula is C17H23Cl2N3O2S2. The van der Waals surface area contributed by atoms with E-state index >= 15 is 0 Å². The maximum Gasteiger partial charge on any atom is 0.240 e. The lowest BCUT2D eigenvalue weighted by Gasteiger charge is -2.17. The van der Waals surface area contributed by atoms with E-state index in [-0.39, 0.29) is 16.9 Å². The van der Waals surface area contributed by atoms with Crippen molar-refractivity contribution in [3.8, 4) is 0 Å². The number of fused-ring (bicyclic) bond motifs is 1. The summed E-state index contributed by atoms with van der Waals surface area (Å²) in [5.41, 5.74) is 1.90. The lowest BCUT2D eigenvalue weighted by Crippen LogP contribution is -2.41. The molecule has 3 N–H and O–H groups in total. The first-order valence-corrected chi connectivity index (χ1v) is 10.5. The molecule has 0 aliphatic heterocycles. The molecule has 26 heavy (non-hydrogen) atoms. The number of para-hydroxylation sites is 1. The van der Waals surface area contributed by atoms with Gasteiger partial charge in [0.05, 0.1) is 15.6 Å². The van der Waals surface area contributed by atoms with Gasteiger partial charge in [0.15, 0.2) is 4.34 Å². The second kappa shape index (κ2) is 9.90. The van der Waals surface area contributed by atoms with E-state index in [0.717, 1.165) is 14.6 Å². The fraction of sp³-hybridized carbons (Fsp3) is 0.471. The summed E-state index contributed by atoms with van der Waals surface area (Å²) >= 11 is 14.0. The highest BCUT2D eigenvalue weighted by molar-refractivity contribution is 8.15. The van der Waals surface area contributed by atoms with E-state index in [1.165, 1.54) is 11.8 Å². The van der Waals surface area contributed by atoms with Gasteiger partial charge in [-0.1, -0.05) is 26.0 Å². The molecule has 9 heteroatoms. The molecule has 0 fully saturated rings. The van der Waals surface area contributed by atoms with Crippen molar-refractivity contribution in [1.29, 1.82) is 0 Å². The number of thioether (sulfide) groups is 1. The predicted octanol–water partition coefficient (Wildman–Crippen LogP) is 4.42. The van der Waals surface area contributed by atoms with Crippen LogP contribution in [-0.4, -0.2) is 27.8 Å². The van der Waals surface area contributed by atoms with Crippen molar-refractivity contribution in [2.24, 2.45) is 16.7 Å². The van der Waals surface area contributed by atoms with Crippen molar-refractivity contribution in [1.82, 2.24) is 10.4 Å². The van der Waals surface area contributed by atoms with Gasteiger partial charge in [-0.2, -0.15) is 0 Å². The number of rotatable bonds is 5. The molecule has 1 amide bonds. The second-order valence-electron chi connectivity index (χ2n) is 6.85. The summed E-state index contributed by atoms with van der Waals surface area (Å²) < 4.78 is 1.89. The average Bonchev–Trinajstić information content (AvgIpc) is 3.03. The Morgan fingerprint density at radius 2 is 1.73 bits per heavy atom. The topological polar surface area (TPSA) is 85.1 Å². The van der Waals surface area contributed by atoms with Crippen molar-refractivity contribution in [2.75, 3.05) is 11.8 Å². The normalized spacial score (nSPS) is 11.7. The van der Waals surface area contributed by atoms with Crippen LogP contribution in [-0.2, 0) is 9.59 Å². The number of nitrogens with zero attached hydrogens (tertiary/aromatic N) is 1. The van der Waals surface area contributed by atoms with Crippen LogP contribution < -0.4 is 11.3 Å². The quantitative estimate of drug-likeness (QED) is 0.238. The molecule has 0 radical (unpaired) electrons. The summed E-state index contributed by atoms with van der Waals surface area (Å²) in [4.78, 5) is 27.1. The molecular weight excluding hydrogens is 413 g/mol. The Morgan fingerprint density at radius 1 is 1.15 bits per heavy atom. The number of hydrogen-bond donors (Lipinski definition) is 2. The van der Waals surface area contributed by atoms with E-state index < -0.39 is 10.8 Å². The molecule has 0 atom stereocenters. The molecule has 0 spiro atoms. The fourth-order valence-electron chi connectivity index (χ4n) is 1.42. The summed E-state index contributed by atoms with van der Waals surface area (Å²) in [6.45, 7) is 7.15. The monoisotopic (exact) mass is 435 g/mol. The molecule has 0 aliphatic rings. The Balaban J connectivity index is 0.000000321. The SMILES string of the molecule is CC(C)(CCl)C(=O)NN.CC(C)(CCl)C(=O)Sc1nc2ccccc2s1. The molecule has 1 heterocycles. The number of aromatic nitrogens is 1. The van der Waals surface area contributed by atoms with Crippen molar-refractivity contribution in [3.63, 3.8) is 0 Å². The van der Waals surface area contributed by atoms with Crippen molar-refractivity contribution in [3.05, 3.63) is 24.3 Å². The standard InChI is InChI=1S/C12H12ClNOS2.C5H11ClN2O/c1-12(2,7-13)10(15)17-11-14-8-5-3-4-6-9(8)16-11;1-5(2,3-6)4(9)8-7/h3-6H,7H2,1-2H3;3,7H2,1-2H3,(H,8,9). The van der Waals surface area contributed by atoms with Crippen LogP contribution in [0.3, 0.4) is 0 Å². The summed E-state index contributed by atoms with van der Waals surface area (Å²) in [6.07, 6.45) is 0. The van der Waals surface area contributed by atoms with Crippen molar-refractivity contribution >= 4 is 67.5 Å². The molecule has 0 unspecified atom stereocenters. The Kier molecular flexibility index (Phi) is 8.82. The van der Waals surface area contributed by atoms with Gasteiger partial charge in [-0.15, -0.1) is 34.5 Å². The van der Waals surface area contributed by atoms with E-state index in [2.05, 4.69) is 4.98 Å². The van der Waals surface area contributed by atoms with Crippen molar-refractivity contribution < 1.29 is 9.59 Å². The molecule has 2 aromatic rings. The third kappa shape index (κ3) is 6.39. The molecule has 5 nitrogen and oxygen atoms in total. The van der Waals surface area contributed by atoms with E-state index in [0.29, 0.717) is 5.88 Å². The second-order valence-corrected chi connectivity index (χ2v) is 9.63. The third-order valence-electron chi connectivity index (χ3n) is 3.42. The van der Waals surface area contributed by atoms with Crippen LogP contribution in [0.4, 0.5) is 0 Å². The number of thiazole rings is 1. The first-order valence-electron chi connectivity index (χ1n) is 7.78. The Hall–Kier alpha value is -0.860. The van der Waals surface area contributed by atoms with E-state index in [4.69, 9.17) is 29.0 Å². The molecule has 0 aliphatic carbocycles. The number of nitrogens with one attached hydrogen (secondary N) is 1. The van der Waals surface area contributed by atoms with Gasteiger partial charge < -0.3 is 0 Å². The summed E-state index contributed by atoms with van der Waals surface area (Å²) in [7, 11) is 0. The van der Waals surface area contributed by atoms with Gasteiger partial charge in [0, 0.05) is 17.2 Å². The Labute approximate surface area is 172 Å². The molecule has 1 aromatic heterocycles. The van der Waals surface area contributed by atoms with Crippen molar-refractivity contribution in [2.45, 2.75) is 32.0 Å². The largest absolute Gasteiger partial charge is 0.294 e. The third-order valence-corrected chi connectivity index (χ3v) is 7.09. The number of hydrogen-bond acceptors (Lipinski definition) is 6. The first-order chi connectivity index (χ1) is 12.1. The maximum atomic E-state index is 12.0. The Morgan fingerprint density at radius 3 is 2.19 bits per heavy atom. The van der Waals surface area contributed by atoms with Crippen LogP contribution in [0.2, 0.25) is 0 Å². The molecule has 0 saturated carbocycles. The van der Waals surface area contributed by atoms with Crippen LogP contribution in [0, 0.1) is 10.8 Å². The number of hydrazine groups is 1. The summed E-state index contributed by atoms with van der Waals surface area (Å²) in [5.74, 6) is 5.23. The highest BCUT2D eigenvalue weighted by atomic mass is 35.5. The number of carbonyl (C=O) groups is 2. The predicted molar refractivity (Wildman–Crippen MR) is 112 cm³/mol. The minimum atomic E-state index is -0.559. The minimum Gasteiger partial charge on any atom is -0.294 e. The summed E-state index contributed by atoms with van der Waals surface area (Å²) in [6, 6.07) is 7.88. The lowest BCUT2D eigenvalue weighted by molar-refractivity contribution is -0.128. The van der Waals surface area contributed by atoms with Gasteiger partial charge in [0.2, 0.25) is 11.0 Å².